The van der Waals surface area contributed by atoms with Crippen molar-refractivity contribution in [3.8, 4) is 6.07 Å². The molecular formula is C8H6F2N4O2. The average molecular weight is 228 g/mol. The third kappa shape index (κ3) is 1.94. The van der Waals surface area contributed by atoms with E-state index in [1.807, 2.05) is 0 Å². The number of nitrogens with zero attached hydrogens (tertiary/aromatic N) is 3. The van der Waals surface area contributed by atoms with Crippen LogP contribution in [0.1, 0.15) is 23.2 Å². The topological polar surface area (TPSA) is 106 Å². The zero-order valence-electron chi connectivity index (χ0n) is 7.85. The van der Waals surface area contributed by atoms with Crippen molar-refractivity contribution >= 4 is 5.69 Å². The van der Waals surface area contributed by atoms with Crippen molar-refractivity contribution in [1.29, 1.82) is 5.26 Å². The lowest BCUT2D eigenvalue weighted by Crippen LogP contribution is -2.08. The Labute approximate surface area is 88.5 Å². The molecule has 0 spiro atoms. The Bertz CT molecular complexity index is 470. The molecule has 1 aromatic rings. The van der Waals surface area contributed by atoms with Gasteiger partial charge in [0.1, 0.15) is 17.3 Å². The number of nitro groups is 1. The van der Waals surface area contributed by atoms with Crippen LogP contribution in [0.4, 0.5) is 14.5 Å². The van der Waals surface area contributed by atoms with Gasteiger partial charge < -0.3 is 5.73 Å². The summed E-state index contributed by atoms with van der Waals surface area (Å²) in [7, 11) is 0. The minimum absolute atomic E-state index is 0.189. The van der Waals surface area contributed by atoms with Gasteiger partial charge in [-0.15, -0.1) is 0 Å². The maximum Gasteiger partial charge on any atom is 0.310 e. The van der Waals surface area contributed by atoms with Crippen LogP contribution in [0.25, 0.3) is 0 Å². The van der Waals surface area contributed by atoms with Crippen LogP contribution in [0, 0.1) is 21.4 Å². The first-order valence-electron chi connectivity index (χ1n) is 4.07. The SMILES string of the molecule is N#Cc1c(C(F)F)cnc(CN)c1[N+](=O)[O-]. The smallest absolute Gasteiger partial charge is 0.310 e. The van der Waals surface area contributed by atoms with E-state index < -0.39 is 28.2 Å². The number of alkyl halides is 2. The molecule has 8 heteroatoms. The zero-order valence-corrected chi connectivity index (χ0v) is 7.85. The highest BCUT2D eigenvalue weighted by Crippen LogP contribution is 2.30. The Morgan fingerprint density at radius 1 is 1.69 bits per heavy atom. The van der Waals surface area contributed by atoms with Gasteiger partial charge in [0.15, 0.2) is 0 Å². The van der Waals surface area contributed by atoms with E-state index >= 15 is 0 Å². The molecule has 0 aromatic carbocycles. The van der Waals surface area contributed by atoms with E-state index in [1.165, 1.54) is 6.07 Å². The number of aromatic nitrogens is 1. The molecule has 1 rings (SSSR count). The maximum absolute atomic E-state index is 12.4. The fraction of sp³-hybridized carbons (Fsp3) is 0.250. The minimum atomic E-state index is -2.99. The van der Waals surface area contributed by atoms with Gasteiger partial charge in [-0.05, 0) is 0 Å². The lowest BCUT2D eigenvalue weighted by Gasteiger charge is -2.05. The predicted molar refractivity (Wildman–Crippen MR) is 48.5 cm³/mol. The summed E-state index contributed by atoms with van der Waals surface area (Å²) in [6.07, 6.45) is -2.26. The van der Waals surface area contributed by atoms with Crippen molar-refractivity contribution < 1.29 is 13.7 Å². The third-order valence-corrected chi connectivity index (χ3v) is 1.88. The quantitative estimate of drug-likeness (QED) is 0.619. The van der Waals surface area contributed by atoms with Gasteiger partial charge >= 0.3 is 5.69 Å². The summed E-state index contributed by atoms with van der Waals surface area (Å²) < 4.78 is 24.9. The van der Waals surface area contributed by atoms with Crippen LogP contribution in [-0.2, 0) is 6.54 Å². The van der Waals surface area contributed by atoms with E-state index in [4.69, 9.17) is 11.0 Å². The van der Waals surface area contributed by atoms with Crippen LogP contribution in [0.15, 0.2) is 6.20 Å². The number of halogens is 2. The third-order valence-electron chi connectivity index (χ3n) is 1.88. The largest absolute Gasteiger partial charge is 0.325 e. The summed E-state index contributed by atoms with van der Waals surface area (Å²) in [5.74, 6) is 0. The maximum atomic E-state index is 12.4. The monoisotopic (exact) mass is 228 g/mol. The van der Waals surface area contributed by atoms with Crippen LogP contribution in [0.5, 0.6) is 0 Å². The van der Waals surface area contributed by atoms with Crippen LogP contribution in [-0.4, -0.2) is 9.91 Å². The molecule has 0 saturated carbocycles. The van der Waals surface area contributed by atoms with Gasteiger partial charge in [0.25, 0.3) is 6.43 Å². The first-order valence-corrected chi connectivity index (χ1v) is 4.07. The summed E-state index contributed by atoms with van der Waals surface area (Å²) in [5, 5.41) is 19.3. The standard InChI is InChI=1S/C8H6F2N4O2/c9-8(10)5-3-13-6(2-12)7(14(15)16)4(5)1-11/h3,8H,2,12H2. The van der Waals surface area contributed by atoms with E-state index in [0.717, 1.165) is 6.20 Å². The van der Waals surface area contributed by atoms with Gasteiger partial charge in [0.2, 0.25) is 0 Å². The van der Waals surface area contributed by atoms with Crippen molar-refractivity contribution in [2.75, 3.05) is 0 Å². The molecule has 6 nitrogen and oxygen atoms in total. The van der Waals surface area contributed by atoms with Gasteiger partial charge in [-0.2, -0.15) is 5.26 Å². The molecule has 0 aliphatic carbocycles. The van der Waals surface area contributed by atoms with Crippen molar-refractivity contribution in [2.45, 2.75) is 13.0 Å². The van der Waals surface area contributed by atoms with E-state index in [1.54, 1.807) is 0 Å². The minimum Gasteiger partial charge on any atom is -0.325 e. The van der Waals surface area contributed by atoms with Crippen molar-refractivity contribution in [2.24, 2.45) is 5.73 Å². The normalized spacial score (nSPS) is 10.2. The molecule has 0 unspecified atom stereocenters. The van der Waals surface area contributed by atoms with Gasteiger partial charge in [-0.1, -0.05) is 0 Å². The number of nitrogens with two attached hydrogens (primary N) is 1. The highest BCUT2D eigenvalue weighted by molar-refractivity contribution is 5.55. The molecule has 0 radical (unpaired) electrons. The second-order valence-corrected chi connectivity index (χ2v) is 2.76. The average Bonchev–Trinajstić information content (AvgIpc) is 2.26. The molecule has 1 aromatic heterocycles. The zero-order chi connectivity index (χ0) is 12.3. The van der Waals surface area contributed by atoms with E-state index in [9.17, 15) is 18.9 Å². The number of hydrogen-bond acceptors (Lipinski definition) is 5. The Morgan fingerprint density at radius 2 is 2.31 bits per heavy atom. The Kier molecular flexibility index (Phi) is 3.42. The number of pyridine rings is 1. The number of nitriles is 1. The highest BCUT2D eigenvalue weighted by atomic mass is 19.3. The Hall–Kier alpha value is -2.14. The fourth-order valence-electron chi connectivity index (χ4n) is 1.18. The highest BCUT2D eigenvalue weighted by Gasteiger charge is 2.27. The molecule has 0 atom stereocenters. The van der Waals surface area contributed by atoms with Crippen molar-refractivity contribution in [3.05, 3.63) is 33.1 Å². The van der Waals surface area contributed by atoms with Gasteiger partial charge in [-0.25, -0.2) is 8.78 Å². The molecule has 0 amide bonds. The number of rotatable bonds is 3. The molecule has 0 fully saturated rings. The first-order chi connectivity index (χ1) is 7.52. The second-order valence-electron chi connectivity index (χ2n) is 2.76. The van der Waals surface area contributed by atoms with Gasteiger partial charge in [-0.3, -0.25) is 15.1 Å². The van der Waals surface area contributed by atoms with Crippen LogP contribution in [0.3, 0.4) is 0 Å². The fourth-order valence-corrected chi connectivity index (χ4v) is 1.18. The van der Waals surface area contributed by atoms with E-state index in [-0.39, 0.29) is 12.2 Å². The summed E-state index contributed by atoms with van der Waals surface area (Å²) in [6.45, 7) is -0.297. The summed E-state index contributed by atoms with van der Waals surface area (Å²) in [6, 6.07) is 1.38. The molecule has 1 heterocycles. The summed E-state index contributed by atoms with van der Waals surface area (Å²) in [4.78, 5) is 13.2. The van der Waals surface area contributed by atoms with Crippen LogP contribution < -0.4 is 5.73 Å². The Morgan fingerprint density at radius 3 is 2.69 bits per heavy atom. The molecule has 16 heavy (non-hydrogen) atoms. The van der Waals surface area contributed by atoms with Crippen LogP contribution >= 0.6 is 0 Å². The van der Waals surface area contributed by atoms with E-state index in [2.05, 4.69) is 4.98 Å². The van der Waals surface area contributed by atoms with Gasteiger partial charge in [0.05, 0.1) is 10.5 Å². The van der Waals surface area contributed by atoms with Gasteiger partial charge in [0, 0.05) is 12.7 Å². The molecule has 0 saturated heterocycles. The lowest BCUT2D eigenvalue weighted by atomic mass is 10.1. The number of hydrogen-bond donors (Lipinski definition) is 1. The molecule has 2 N–H and O–H groups in total. The summed E-state index contributed by atoms with van der Waals surface area (Å²) in [5.41, 5.74) is 2.80. The molecule has 0 aliphatic heterocycles. The predicted octanol–water partition coefficient (Wildman–Crippen LogP) is 1.26. The first kappa shape index (κ1) is 11.9. The summed E-state index contributed by atoms with van der Waals surface area (Å²) >= 11 is 0. The molecule has 0 aliphatic rings. The molecule has 84 valence electrons. The molecule has 0 bridgehead atoms. The van der Waals surface area contributed by atoms with Crippen molar-refractivity contribution in [3.63, 3.8) is 0 Å². The Balaban J connectivity index is 3.58. The van der Waals surface area contributed by atoms with Crippen LogP contribution in [0.2, 0.25) is 0 Å². The van der Waals surface area contributed by atoms with E-state index in [0.29, 0.717) is 0 Å². The molecular weight excluding hydrogens is 222 g/mol. The lowest BCUT2D eigenvalue weighted by molar-refractivity contribution is -0.386. The van der Waals surface area contributed by atoms with Crippen molar-refractivity contribution in [1.82, 2.24) is 4.98 Å². The second kappa shape index (κ2) is 4.59.